The average molecular weight is 710 g/mol. The third-order valence-electron chi connectivity index (χ3n) is 8.87. The highest BCUT2D eigenvalue weighted by atomic mass is 32.2. The van der Waals surface area contributed by atoms with Gasteiger partial charge >= 0.3 is 6.03 Å². The van der Waals surface area contributed by atoms with E-state index < -0.39 is 0 Å². The third kappa shape index (κ3) is 13.0. The molecule has 5 amide bonds. The molecule has 7 atom stereocenters. The molecule has 0 aliphatic carbocycles. The zero-order chi connectivity index (χ0) is 35.0. The second-order valence-corrected chi connectivity index (χ2v) is 14.2. The molecule has 0 radical (unpaired) electrons. The number of fused-ring (bicyclic) bond motifs is 1. The van der Waals surface area contributed by atoms with Crippen LogP contribution >= 0.6 is 11.8 Å². The van der Waals surface area contributed by atoms with E-state index in [0.29, 0.717) is 76.0 Å². The number of carbonyl (C=O) groups is 4. The summed E-state index contributed by atoms with van der Waals surface area (Å²) in [6.07, 6.45) is 8.78. The molecule has 0 aromatic carbocycles. The van der Waals surface area contributed by atoms with Crippen LogP contribution in [0.3, 0.4) is 0 Å². The summed E-state index contributed by atoms with van der Waals surface area (Å²) in [5.74, 6) is 0.809. The number of imidazole rings is 1. The van der Waals surface area contributed by atoms with Crippen LogP contribution in [-0.4, -0.2) is 121 Å². The monoisotopic (exact) mass is 709 g/mol. The Morgan fingerprint density at radius 1 is 1.04 bits per heavy atom. The molecule has 276 valence electrons. The van der Waals surface area contributed by atoms with Gasteiger partial charge < -0.3 is 50.1 Å². The first-order chi connectivity index (χ1) is 23.7. The topological polar surface area (TPSA) is 183 Å². The van der Waals surface area contributed by atoms with Crippen molar-refractivity contribution >= 4 is 35.5 Å². The number of rotatable bonds is 23. The molecule has 1 aromatic rings. The van der Waals surface area contributed by atoms with Crippen LogP contribution in [0.4, 0.5) is 4.79 Å². The zero-order valence-electron chi connectivity index (χ0n) is 29.1. The molecule has 4 heterocycles. The van der Waals surface area contributed by atoms with Gasteiger partial charge in [-0.3, -0.25) is 14.4 Å². The Bertz CT molecular complexity index is 1210. The molecule has 3 fully saturated rings. The fourth-order valence-electron chi connectivity index (χ4n) is 6.27. The molecule has 3 saturated heterocycles. The van der Waals surface area contributed by atoms with E-state index in [4.69, 9.17) is 18.9 Å². The summed E-state index contributed by atoms with van der Waals surface area (Å²) in [6, 6.07) is 0.0163. The van der Waals surface area contributed by atoms with Crippen LogP contribution in [0.1, 0.15) is 82.4 Å². The Labute approximate surface area is 293 Å². The summed E-state index contributed by atoms with van der Waals surface area (Å²) in [7, 11) is 0. The molecular formula is C33H55N7O8S. The predicted octanol–water partition coefficient (Wildman–Crippen LogP) is 1.73. The summed E-state index contributed by atoms with van der Waals surface area (Å²) >= 11 is 1.89. The van der Waals surface area contributed by atoms with Crippen LogP contribution in [0.2, 0.25) is 0 Å². The minimum atomic E-state index is -0.362. The Balaban J connectivity index is 0.897. The van der Waals surface area contributed by atoms with Gasteiger partial charge in [0.2, 0.25) is 11.8 Å². The number of aromatic nitrogens is 2. The van der Waals surface area contributed by atoms with Crippen molar-refractivity contribution in [1.82, 2.24) is 36.1 Å². The quantitative estimate of drug-likeness (QED) is 0.0829. The Morgan fingerprint density at radius 2 is 1.73 bits per heavy atom. The maximum atomic E-state index is 12.6. The number of nitrogens with zero attached hydrogens (tertiary/aromatic N) is 2. The van der Waals surface area contributed by atoms with Crippen molar-refractivity contribution in [2.24, 2.45) is 5.92 Å². The van der Waals surface area contributed by atoms with Crippen molar-refractivity contribution in [3.8, 4) is 0 Å². The van der Waals surface area contributed by atoms with Crippen LogP contribution in [0.25, 0.3) is 0 Å². The van der Waals surface area contributed by atoms with E-state index in [2.05, 4.69) is 45.4 Å². The molecular weight excluding hydrogens is 654 g/mol. The van der Waals surface area contributed by atoms with Crippen LogP contribution in [0.15, 0.2) is 12.5 Å². The molecule has 0 saturated carbocycles. The van der Waals surface area contributed by atoms with Crippen molar-refractivity contribution in [3.05, 3.63) is 18.2 Å². The van der Waals surface area contributed by atoms with Gasteiger partial charge in [0.1, 0.15) is 11.9 Å². The summed E-state index contributed by atoms with van der Waals surface area (Å²) in [4.78, 5) is 52.7. The average Bonchev–Trinajstić information content (AvgIpc) is 3.86. The fourth-order valence-corrected chi connectivity index (χ4v) is 7.81. The Kier molecular flexibility index (Phi) is 16.4. The Hall–Kier alpha value is -2.92. The van der Waals surface area contributed by atoms with Gasteiger partial charge in [-0.25, -0.2) is 9.78 Å². The minimum Gasteiger partial charge on any atom is -0.377 e. The van der Waals surface area contributed by atoms with E-state index in [-0.39, 0.29) is 60.6 Å². The highest BCUT2D eigenvalue weighted by Crippen LogP contribution is 2.35. The smallest absolute Gasteiger partial charge is 0.315 e. The molecule has 0 bridgehead atoms. The highest BCUT2D eigenvalue weighted by molar-refractivity contribution is 8.00. The van der Waals surface area contributed by atoms with Crippen LogP contribution < -0.4 is 26.6 Å². The number of hydrogen-bond donors (Lipinski definition) is 5. The maximum Gasteiger partial charge on any atom is 0.315 e. The van der Waals surface area contributed by atoms with E-state index in [0.717, 1.165) is 37.9 Å². The molecule has 4 rings (SSSR count). The molecule has 4 unspecified atom stereocenters. The number of unbranched alkanes of at least 4 members (excludes halogenated alkanes) is 1. The first-order valence-electron chi connectivity index (χ1n) is 17.7. The van der Waals surface area contributed by atoms with E-state index in [1.165, 1.54) is 0 Å². The number of nitrogens with one attached hydrogen (secondary N) is 5. The van der Waals surface area contributed by atoms with Gasteiger partial charge in [-0.1, -0.05) is 20.3 Å². The number of carbonyl (C=O) groups excluding carboxylic acids is 4. The van der Waals surface area contributed by atoms with Gasteiger partial charge in [-0.15, -0.1) is 0 Å². The molecule has 1 aromatic heterocycles. The van der Waals surface area contributed by atoms with E-state index in [9.17, 15) is 19.2 Å². The largest absolute Gasteiger partial charge is 0.377 e. The van der Waals surface area contributed by atoms with Crippen LogP contribution in [0.5, 0.6) is 0 Å². The zero-order valence-corrected chi connectivity index (χ0v) is 29.9. The lowest BCUT2D eigenvalue weighted by Crippen LogP contribution is -2.38. The molecule has 15 nitrogen and oxygen atoms in total. The second-order valence-electron chi connectivity index (χ2n) is 13.0. The first kappa shape index (κ1) is 38.9. The minimum absolute atomic E-state index is 0.0245. The lowest BCUT2D eigenvalue weighted by molar-refractivity contribution is -0.122. The number of urea groups is 1. The summed E-state index contributed by atoms with van der Waals surface area (Å²) in [5.41, 5.74) is 0.296. The van der Waals surface area contributed by atoms with Gasteiger partial charge in [0.15, 0.2) is 0 Å². The number of amides is 5. The second kappa shape index (κ2) is 20.7. The van der Waals surface area contributed by atoms with E-state index >= 15 is 0 Å². The molecule has 16 heteroatoms. The van der Waals surface area contributed by atoms with Crippen molar-refractivity contribution in [1.29, 1.82) is 0 Å². The molecule has 0 spiro atoms. The van der Waals surface area contributed by atoms with Crippen LogP contribution in [-0.2, 0) is 28.5 Å². The lowest BCUT2D eigenvalue weighted by Gasteiger charge is -2.16. The maximum absolute atomic E-state index is 12.6. The molecule has 3 aliphatic heterocycles. The molecule has 49 heavy (non-hydrogen) atoms. The summed E-state index contributed by atoms with van der Waals surface area (Å²) in [5, 5.41) is 14.9. The lowest BCUT2D eigenvalue weighted by atomic mass is 10.0. The van der Waals surface area contributed by atoms with Gasteiger partial charge in [-0.05, 0) is 32.6 Å². The number of thioether (sulfide) groups is 1. The summed E-state index contributed by atoms with van der Waals surface area (Å²) < 4.78 is 24.4. The van der Waals surface area contributed by atoms with Crippen molar-refractivity contribution in [2.75, 3.05) is 58.5 Å². The highest BCUT2D eigenvalue weighted by Gasteiger charge is 2.42. The van der Waals surface area contributed by atoms with E-state index in [1.54, 1.807) is 19.4 Å². The molecule has 3 aliphatic rings. The number of ether oxygens (including phenoxy) is 4. The van der Waals surface area contributed by atoms with Crippen molar-refractivity contribution < 1.29 is 38.1 Å². The van der Waals surface area contributed by atoms with Gasteiger partial charge in [-0.2, -0.15) is 11.8 Å². The van der Waals surface area contributed by atoms with Gasteiger partial charge in [0, 0.05) is 55.1 Å². The normalized spacial score (nSPS) is 25.0. The van der Waals surface area contributed by atoms with Crippen LogP contribution in [0, 0.1) is 5.92 Å². The third-order valence-corrected chi connectivity index (χ3v) is 10.4. The standard InChI is InChI=1S/C33H55N7O8S/c1-4-24-17-22(2)32(48-24)40-19-25(36-21-40)31(43)37-23(3)18-29(42)35-10-12-46-14-16-47-15-13-45-11-9-34-28(41)8-6-5-7-27-30-26(20-49-27)38-33(44)39-30/h19,21-24,26-27,30,32H,4-18,20H2,1-3H3,(H,34,41)(H,35,42)(H,37,43)(H2,38,39,44)/t22-,23?,24+,26?,27?,30?,32+/m0/s1. The van der Waals surface area contributed by atoms with Crippen molar-refractivity contribution in [2.45, 2.75) is 101 Å². The fraction of sp³-hybridized carbons (Fsp3) is 0.788. The Morgan fingerprint density at radius 3 is 2.43 bits per heavy atom. The first-order valence-corrected chi connectivity index (χ1v) is 18.7. The molecule has 5 N–H and O–H groups in total. The van der Waals surface area contributed by atoms with Gasteiger partial charge in [0.25, 0.3) is 5.91 Å². The predicted molar refractivity (Wildman–Crippen MR) is 184 cm³/mol. The number of hydrogen-bond acceptors (Lipinski definition) is 10. The van der Waals surface area contributed by atoms with E-state index in [1.807, 2.05) is 16.3 Å². The van der Waals surface area contributed by atoms with Gasteiger partial charge in [0.05, 0.1) is 64.2 Å². The SMILES string of the molecule is CC[C@@H]1C[C@H](C)[C@H](n2cnc(C(=O)NC(C)CC(=O)NCCOCCOCCOCCNC(=O)CCCCC3SCC4NC(=O)NC43)c2)O1. The summed E-state index contributed by atoms with van der Waals surface area (Å²) in [6.45, 7) is 9.23. The van der Waals surface area contributed by atoms with Crippen molar-refractivity contribution in [3.63, 3.8) is 0 Å².